The molecule has 20 heavy (non-hydrogen) atoms. The Morgan fingerprint density at radius 3 is 2.60 bits per heavy atom. The molecule has 106 valence electrons. The molecule has 1 N–H and O–H groups in total. The van der Waals surface area contributed by atoms with Crippen molar-refractivity contribution in [2.45, 2.75) is 19.4 Å². The van der Waals surface area contributed by atoms with Gasteiger partial charge in [0.05, 0.1) is 4.47 Å². The van der Waals surface area contributed by atoms with Crippen LogP contribution in [0.15, 0.2) is 40.9 Å². The minimum absolute atomic E-state index is 0.143. The number of benzene rings is 2. The summed E-state index contributed by atoms with van der Waals surface area (Å²) in [5, 5.41) is 4.02. The van der Waals surface area contributed by atoms with Gasteiger partial charge in [0.15, 0.2) is 0 Å². The Hall–Kier alpha value is -0.900. The lowest BCUT2D eigenvalue weighted by atomic mass is 9.98. The first-order valence-corrected chi connectivity index (χ1v) is 7.55. The predicted octanol–water partition coefficient (Wildman–Crippen LogP) is 5.05. The highest BCUT2D eigenvalue weighted by molar-refractivity contribution is 9.10. The van der Waals surface area contributed by atoms with Gasteiger partial charge in [-0.25, -0.2) is 4.39 Å². The van der Waals surface area contributed by atoms with Crippen LogP contribution in [0.2, 0.25) is 5.02 Å². The van der Waals surface area contributed by atoms with Gasteiger partial charge in [0.25, 0.3) is 0 Å². The maximum atomic E-state index is 13.3. The second-order valence-corrected chi connectivity index (χ2v) is 6.15. The second-order valence-electron chi connectivity index (χ2n) is 4.86. The highest BCUT2D eigenvalue weighted by Gasteiger charge is 2.12. The van der Waals surface area contributed by atoms with Gasteiger partial charge >= 0.3 is 0 Å². The molecule has 2 aromatic carbocycles. The largest absolute Gasteiger partial charge is 0.313 e. The molecule has 0 aliphatic heterocycles. The normalized spacial score (nSPS) is 12.4. The third-order valence-corrected chi connectivity index (χ3v) is 4.07. The van der Waals surface area contributed by atoms with E-state index in [2.05, 4.69) is 27.3 Å². The van der Waals surface area contributed by atoms with Gasteiger partial charge in [-0.05, 0) is 77.3 Å². The molecule has 1 unspecified atom stereocenters. The summed E-state index contributed by atoms with van der Waals surface area (Å²) in [6, 6.07) is 11.3. The van der Waals surface area contributed by atoms with E-state index >= 15 is 0 Å². The zero-order valence-electron chi connectivity index (χ0n) is 11.4. The predicted molar refractivity (Wildman–Crippen MR) is 85.8 cm³/mol. The summed E-state index contributed by atoms with van der Waals surface area (Å²) in [7, 11) is 1.92. The summed E-state index contributed by atoms with van der Waals surface area (Å²) in [4.78, 5) is 0. The molecule has 2 rings (SSSR count). The molecule has 0 aromatic heterocycles. The Bertz CT molecular complexity index is 595. The van der Waals surface area contributed by atoms with Crippen molar-refractivity contribution in [3.63, 3.8) is 0 Å². The highest BCUT2D eigenvalue weighted by Crippen LogP contribution is 2.25. The molecule has 0 saturated carbocycles. The maximum Gasteiger partial charge on any atom is 0.137 e. The summed E-state index contributed by atoms with van der Waals surface area (Å²) >= 11 is 9.34. The summed E-state index contributed by atoms with van der Waals surface area (Å²) in [5.74, 6) is -0.242. The minimum atomic E-state index is -0.242. The van der Waals surface area contributed by atoms with E-state index in [4.69, 9.17) is 11.6 Å². The molecule has 1 nitrogen and oxygen atoms in total. The van der Waals surface area contributed by atoms with Gasteiger partial charge in [-0.15, -0.1) is 0 Å². The van der Waals surface area contributed by atoms with Gasteiger partial charge in [-0.1, -0.05) is 23.7 Å². The maximum absolute atomic E-state index is 13.3. The van der Waals surface area contributed by atoms with Crippen LogP contribution in [0.25, 0.3) is 0 Å². The molecule has 0 aliphatic rings. The molecule has 0 aliphatic carbocycles. The summed E-state index contributed by atoms with van der Waals surface area (Å²) < 4.78 is 13.8. The Kier molecular flexibility index (Phi) is 5.19. The first kappa shape index (κ1) is 15.5. The third kappa shape index (κ3) is 3.81. The molecule has 0 spiro atoms. The average Bonchev–Trinajstić information content (AvgIpc) is 2.38. The van der Waals surface area contributed by atoms with Crippen molar-refractivity contribution in [1.29, 1.82) is 0 Å². The Balaban J connectivity index is 2.26. The number of aryl methyl sites for hydroxylation is 1. The van der Waals surface area contributed by atoms with Crippen molar-refractivity contribution in [3.05, 3.63) is 68.4 Å². The van der Waals surface area contributed by atoms with E-state index < -0.39 is 0 Å². The van der Waals surface area contributed by atoms with E-state index in [-0.39, 0.29) is 11.9 Å². The van der Waals surface area contributed by atoms with Crippen molar-refractivity contribution < 1.29 is 4.39 Å². The number of hydrogen-bond acceptors (Lipinski definition) is 1. The average molecular weight is 357 g/mol. The van der Waals surface area contributed by atoms with Gasteiger partial charge in [0.1, 0.15) is 5.82 Å². The zero-order chi connectivity index (χ0) is 14.7. The van der Waals surface area contributed by atoms with Gasteiger partial charge in [0.2, 0.25) is 0 Å². The lowest BCUT2D eigenvalue weighted by Gasteiger charge is -2.18. The van der Waals surface area contributed by atoms with Gasteiger partial charge < -0.3 is 5.32 Å². The van der Waals surface area contributed by atoms with E-state index in [1.807, 2.05) is 38.2 Å². The highest BCUT2D eigenvalue weighted by atomic mass is 79.9. The molecular weight excluding hydrogens is 341 g/mol. The molecule has 1 atom stereocenters. The molecule has 0 saturated heterocycles. The molecule has 0 radical (unpaired) electrons. The van der Waals surface area contributed by atoms with E-state index in [0.29, 0.717) is 4.47 Å². The lowest BCUT2D eigenvalue weighted by Crippen LogP contribution is -2.19. The molecular formula is C16H16BrClFN. The third-order valence-electron chi connectivity index (χ3n) is 3.24. The number of hydrogen-bond donors (Lipinski definition) is 1. The van der Waals surface area contributed by atoms with Crippen LogP contribution in [-0.4, -0.2) is 7.05 Å². The minimum Gasteiger partial charge on any atom is -0.313 e. The van der Waals surface area contributed by atoms with Crippen molar-refractivity contribution in [1.82, 2.24) is 5.32 Å². The Labute approximate surface area is 132 Å². The molecule has 2 aromatic rings. The van der Waals surface area contributed by atoms with E-state index in [1.165, 1.54) is 6.07 Å². The van der Waals surface area contributed by atoms with E-state index in [9.17, 15) is 4.39 Å². The first-order valence-electron chi connectivity index (χ1n) is 6.38. The SMILES string of the molecule is CNC(Cc1ccc(F)c(Br)c1)c1cc(C)cc(Cl)c1. The smallest absolute Gasteiger partial charge is 0.137 e. The fraction of sp³-hybridized carbons (Fsp3) is 0.250. The molecule has 0 fully saturated rings. The Morgan fingerprint density at radius 1 is 1.25 bits per heavy atom. The van der Waals surface area contributed by atoms with Gasteiger partial charge in [-0.3, -0.25) is 0 Å². The quantitative estimate of drug-likeness (QED) is 0.808. The molecule has 0 bridgehead atoms. The van der Waals surface area contributed by atoms with Crippen LogP contribution in [0, 0.1) is 12.7 Å². The Morgan fingerprint density at radius 2 is 2.00 bits per heavy atom. The molecule has 0 heterocycles. The van der Waals surface area contributed by atoms with Crippen molar-refractivity contribution in [3.8, 4) is 0 Å². The number of likely N-dealkylation sites (N-methyl/N-ethyl adjacent to an activating group) is 1. The fourth-order valence-electron chi connectivity index (χ4n) is 2.25. The second kappa shape index (κ2) is 6.70. The fourth-order valence-corrected chi connectivity index (χ4v) is 2.98. The van der Waals surface area contributed by atoms with E-state index in [1.54, 1.807) is 0 Å². The van der Waals surface area contributed by atoms with Crippen LogP contribution in [-0.2, 0) is 6.42 Å². The standard InChI is InChI=1S/C16H16BrClFN/c1-10-5-12(9-13(18)6-10)16(20-2)8-11-3-4-15(19)14(17)7-11/h3-7,9,16,20H,8H2,1-2H3. The topological polar surface area (TPSA) is 12.0 Å². The van der Waals surface area contributed by atoms with Crippen LogP contribution in [0.3, 0.4) is 0 Å². The first-order chi connectivity index (χ1) is 9.49. The molecule has 4 heteroatoms. The number of halogens is 3. The van der Waals surface area contributed by atoms with Crippen molar-refractivity contribution >= 4 is 27.5 Å². The summed E-state index contributed by atoms with van der Waals surface area (Å²) in [5.41, 5.74) is 3.33. The van der Waals surface area contributed by atoms with E-state index in [0.717, 1.165) is 28.1 Å². The number of nitrogens with one attached hydrogen (secondary N) is 1. The lowest BCUT2D eigenvalue weighted by molar-refractivity contribution is 0.587. The van der Waals surface area contributed by atoms with Crippen LogP contribution in [0.4, 0.5) is 4.39 Å². The summed E-state index contributed by atoms with van der Waals surface area (Å²) in [6.45, 7) is 2.02. The van der Waals surface area contributed by atoms with Crippen molar-refractivity contribution in [2.24, 2.45) is 0 Å². The van der Waals surface area contributed by atoms with Crippen LogP contribution < -0.4 is 5.32 Å². The van der Waals surface area contributed by atoms with Crippen LogP contribution >= 0.6 is 27.5 Å². The summed E-state index contributed by atoms with van der Waals surface area (Å²) in [6.07, 6.45) is 0.773. The van der Waals surface area contributed by atoms with Crippen LogP contribution in [0.1, 0.15) is 22.7 Å². The number of rotatable bonds is 4. The monoisotopic (exact) mass is 355 g/mol. The van der Waals surface area contributed by atoms with Crippen molar-refractivity contribution in [2.75, 3.05) is 7.05 Å². The zero-order valence-corrected chi connectivity index (χ0v) is 13.7. The van der Waals surface area contributed by atoms with Crippen LogP contribution in [0.5, 0.6) is 0 Å². The van der Waals surface area contributed by atoms with Gasteiger partial charge in [0, 0.05) is 11.1 Å². The molecule has 0 amide bonds. The van der Waals surface area contributed by atoms with Gasteiger partial charge in [-0.2, -0.15) is 0 Å².